The molecule has 0 unspecified atom stereocenters. The van der Waals surface area contributed by atoms with Crippen molar-refractivity contribution >= 4 is 23.9 Å². The van der Waals surface area contributed by atoms with Gasteiger partial charge < -0.3 is 28.1 Å². The van der Waals surface area contributed by atoms with Crippen molar-refractivity contribution in [2.24, 2.45) is 17.3 Å². The van der Waals surface area contributed by atoms with E-state index in [0.717, 1.165) is 0 Å². The van der Waals surface area contributed by atoms with Crippen LogP contribution in [0.4, 0.5) is 0 Å². The van der Waals surface area contributed by atoms with Gasteiger partial charge in [-0.25, -0.2) is 4.79 Å². The Bertz CT molecular complexity index is 1050. The van der Waals surface area contributed by atoms with Gasteiger partial charge in [0.15, 0.2) is 6.10 Å². The molecule has 2 saturated carbocycles. The number of ether oxygens (including phenoxy) is 5. The van der Waals surface area contributed by atoms with Crippen LogP contribution in [-0.2, 0) is 38.1 Å². The summed E-state index contributed by atoms with van der Waals surface area (Å²) in [6.07, 6.45) is -0.108. The molecule has 3 fully saturated rings. The number of esters is 4. The maximum atomic E-state index is 13.2. The summed E-state index contributed by atoms with van der Waals surface area (Å²) in [5, 5.41) is 0. The maximum Gasteiger partial charge on any atom is 0.341 e. The first kappa shape index (κ1) is 26.2. The van der Waals surface area contributed by atoms with Crippen LogP contribution < -0.4 is 0 Å². The average Bonchev–Trinajstić information content (AvgIpc) is 3.35. The van der Waals surface area contributed by atoms with Crippen LogP contribution in [0.2, 0.25) is 0 Å². The van der Waals surface area contributed by atoms with Gasteiger partial charge in [0.05, 0.1) is 28.8 Å². The molecule has 2 aliphatic carbocycles. The molecule has 198 valence electrons. The number of carbonyl (C=O) groups excluding carboxylic acids is 4. The molecule has 2 bridgehead atoms. The van der Waals surface area contributed by atoms with Crippen LogP contribution in [0.3, 0.4) is 0 Å². The van der Waals surface area contributed by atoms with Crippen LogP contribution in [-0.4, -0.2) is 59.5 Å². The topological polar surface area (TPSA) is 128 Å². The normalized spacial score (nSPS) is 38.4. The van der Waals surface area contributed by atoms with Gasteiger partial charge in [-0.3, -0.25) is 14.4 Å². The lowest BCUT2D eigenvalue weighted by atomic mass is 9.48. The monoisotopic (exact) mass is 506 g/mol. The molecule has 0 radical (unpaired) electrons. The minimum Gasteiger partial charge on any atom is -0.472 e. The zero-order chi connectivity index (χ0) is 26.6. The number of carbonyl (C=O) groups is 4. The van der Waals surface area contributed by atoms with Gasteiger partial charge in [-0.15, -0.1) is 0 Å². The first-order valence-electron chi connectivity index (χ1n) is 12.2. The highest BCUT2D eigenvalue weighted by Crippen LogP contribution is 2.68. The summed E-state index contributed by atoms with van der Waals surface area (Å²) < 4.78 is 35.6. The second-order valence-electron chi connectivity index (χ2n) is 10.8. The van der Waals surface area contributed by atoms with Crippen molar-refractivity contribution in [2.45, 2.75) is 96.9 Å². The van der Waals surface area contributed by atoms with E-state index in [-0.39, 0.29) is 11.5 Å². The van der Waals surface area contributed by atoms with Crippen molar-refractivity contribution in [1.82, 2.24) is 0 Å². The Balaban J connectivity index is 1.97. The van der Waals surface area contributed by atoms with Crippen LogP contribution >= 0.6 is 0 Å². The lowest BCUT2D eigenvalue weighted by Gasteiger charge is -2.62. The zero-order valence-electron chi connectivity index (χ0n) is 21.7. The highest BCUT2D eigenvalue weighted by molar-refractivity contribution is 5.89. The van der Waals surface area contributed by atoms with E-state index < -0.39 is 70.8 Å². The van der Waals surface area contributed by atoms with Crippen molar-refractivity contribution in [2.75, 3.05) is 0 Å². The molecule has 1 saturated heterocycles. The third kappa shape index (κ3) is 3.81. The Labute approximate surface area is 209 Å². The SMILES string of the molecule is CC(=O)O[C@@H]1[C@@H]2[C@@H](OC(C)=O)[C@]3(OC2(C)C)[C@H](C)CC[C@H](OC(C)=O)[C@@]3(C)[C@H]1OC(=O)c1ccoc1. The second kappa shape index (κ2) is 8.90. The summed E-state index contributed by atoms with van der Waals surface area (Å²) in [4.78, 5) is 50.2. The van der Waals surface area contributed by atoms with Crippen molar-refractivity contribution in [3.63, 3.8) is 0 Å². The third-order valence-corrected chi connectivity index (χ3v) is 8.23. The number of furan rings is 1. The number of hydrogen-bond acceptors (Lipinski definition) is 10. The molecule has 10 heteroatoms. The summed E-state index contributed by atoms with van der Waals surface area (Å²) in [5.41, 5.74) is -3.23. The van der Waals surface area contributed by atoms with Crippen LogP contribution in [0.1, 0.15) is 71.7 Å². The predicted octanol–water partition coefficient (Wildman–Crippen LogP) is 3.21. The molecule has 4 rings (SSSR count). The number of rotatable bonds is 5. The molecule has 10 nitrogen and oxygen atoms in total. The van der Waals surface area contributed by atoms with Gasteiger partial charge in [-0.1, -0.05) is 6.92 Å². The molecule has 8 atom stereocenters. The largest absolute Gasteiger partial charge is 0.472 e. The first-order chi connectivity index (χ1) is 16.8. The zero-order valence-corrected chi connectivity index (χ0v) is 21.7. The van der Waals surface area contributed by atoms with Gasteiger partial charge in [-0.2, -0.15) is 0 Å². The van der Waals surface area contributed by atoms with Crippen molar-refractivity contribution in [1.29, 1.82) is 0 Å². The summed E-state index contributed by atoms with van der Waals surface area (Å²) in [5.74, 6) is -3.18. The summed E-state index contributed by atoms with van der Waals surface area (Å²) >= 11 is 0. The molecule has 0 N–H and O–H groups in total. The highest BCUT2D eigenvalue weighted by atomic mass is 16.6. The third-order valence-electron chi connectivity index (χ3n) is 8.23. The average molecular weight is 507 g/mol. The van der Waals surface area contributed by atoms with Gasteiger partial charge >= 0.3 is 23.9 Å². The van der Waals surface area contributed by atoms with Crippen molar-refractivity contribution < 1.29 is 47.3 Å². The highest BCUT2D eigenvalue weighted by Gasteiger charge is 2.82. The lowest BCUT2D eigenvalue weighted by molar-refractivity contribution is -0.299. The Kier molecular flexibility index (Phi) is 6.47. The van der Waals surface area contributed by atoms with E-state index in [0.29, 0.717) is 12.8 Å². The molecule has 1 spiro atoms. The van der Waals surface area contributed by atoms with Crippen molar-refractivity contribution in [3.8, 4) is 0 Å². The van der Waals surface area contributed by atoms with E-state index in [1.165, 1.54) is 39.4 Å². The van der Waals surface area contributed by atoms with Crippen LogP contribution in [0.15, 0.2) is 23.0 Å². The molecule has 1 aromatic heterocycles. The fourth-order valence-corrected chi connectivity index (χ4v) is 6.99. The second-order valence-corrected chi connectivity index (χ2v) is 10.8. The van der Waals surface area contributed by atoms with Gasteiger partial charge in [0.25, 0.3) is 0 Å². The van der Waals surface area contributed by atoms with Crippen LogP contribution in [0.25, 0.3) is 0 Å². The fraction of sp³-hybridized carbons (Fsp3) is 0.692. The quantitative estimate of drug-likeness (QED) is 0.434. The minimum absolute atomic E-state index is 0.178. The Hall–Kier alpha value is -2.88. The Morgan fingerprint density at radius 2 is 1.53 bits per heavy atom. The van der Waals surface area contributed by atoms with Crippen molar-refractivity contribution in [3.05, 3.63) is 24.2 Å². The minimum atomic E-state index is -1.25. The van der Waals surface area contributed by atoms with Crippen LogP contribution in [0.5, 0.6) is 0 Å². The van der Waals surface area contributed by atoms with E-state index in [4.69, 9.17) is 28.1 Å². The molecule has 2 heterocycles. The molecule has 3 aliphatic rings. The fourth-order valence-electron chi connectivity index (χ4n) is 6.99. The smallest absolute Gasteiger partial charge is 0.341 e. The molecule has 1 aromatic rings. The summed E-state index contributed by atoms with van der Waals surface area (Å²) in [6.45, 7) is 11.3. The van der Waals surface area contributed by atoms with Gasteiger partial charge in [0.2, 0.25) is 0 Å². The van der Waals surface area contributed by atoms with E-state index in [1.54, 1.807) is 6.92 Å². The molecule has 0 aromatic carbocycles. The molecular formula is C26H34O10. The van der Waals surface area contributed by atoms with E-state index in [9.17, 15) is 19.2 Å². The summed E-state index contributed by atoms with van der Waals surface area (Å²) in [6, 6.07) is 1.47. The molecule has 0 amide bonds. The Morgan fingerprint density at radius 3 is 2.08 bits per heavy atom. The maximum absolute atomic E-state index is 13.2. The molecular weight excluding hydrogens is 472 g/mol. The summed E-state index contributed by atoms with van der Waals surface area (Å²) in [7, 11) is 0. The van der Waals surface area contributed by atoms with Crippen LogP contribution in [0, 0.1) is 17.3 Å². The van der Waals surface area contributed by atoms with E-state index >= 15 is 0 Å². The Morgan fingerprint density at radius 1 is 0.889 bits per heavy atom. The van der Waals surface area contributed by atoms with Gasteiger partial charge in [0.1, 0.15) is 30.2 Å². The van der Waals surface area contributed by atoms with E-state index in [1.807, 2.05) is 20.8 Å². The van der Waals surface area contributed by atoms with Gasteiger partial charge in [-0.05, 0) is 45.6 Å². The lowest BCUT2D eigenvalue weighted by Crippen LogP contribution is -2.76. The number of hydrogen-bond donors (Lipinski definition) is 0. The standard InChI is InChI=1S/C26H34O10/c1-13-8-9-18(32-14(2)27)25(7)22(35-23(30)17-10-11-31-12-17)20(33-15(3)28)19-21(34-16(4)29)26(13,25)36-24(19,5)6/h10-13,18-22H,8-9H2,1-7H3/t13-,18+,19-,20-,21-,22+,25+,26-/m1/s1. The molecule has 36 heavy (non-hydrogen) atoms. The van der Waals surface area contributed by atoms with Gasteiger partial charge in [0, 0.05) is 20.8 Å². The first-order valence-corrected chi connectivity index (χ1v) is 12.2. The molecule has 1 aliphatic heterocycles. The number of fused-ring (bicyclic) bond motifs is 1. The van der Waals surface area contributed by atoms with E-state index in [2.05, 4.69) is 0 Å². The predicted molar refractivity (Wildman–Crippen MR) is 122 cm³/mol.